The van der Waals surface area contributed by atoms with Gasteiger partial charge in [-0.2, -0.15) is 0 Å². The molecule has 1 saturated heterocycles. The summed E-state index contributed by atoms with van der Waals surface area (Å²) in [4.78, 5) is 12.4. The van der Waals surface area contributed by atoms with Crippen molar-refractivity contribution in [2.45, 2.75) is 39.0 Å². The largest absolute Gasteiger partial charge is 0.365 e. The molecule has 3 aromatic rings. The summed E-state index contributed by atoms with van der Waals surface area (Å²) in [5, 5.41) is 0. The number of pyridine rings is 2. The van der Waals surface area contributed by atoms with E-state index in [0.717, 1.165) is 50.2 Å². The lowest BCUT2D eigenvalue weighted by molar-refractivity contribution is 0.390. The number of benzene rings is 1. The third-order valence-electron chi connectivity index (χ3n) is 6.50. The fourth-order valence-corrected chi connectivity index (χ4v) is 5.21. The second-order valence-corrected chi connectivity index (χ2v) is 9.03. The molecule has 1 fully saturated rings. The van der Waals surface area contributed by atoms with Crippen LogP contribution in [0.5, 0.6) is 0 Å². The Morgan fingerprint density at radius 3 is 2.52 bits per heavy atom. The highest BCUT2D eigenvalue weighted by Crippen LogP contribution is 2.38. The highest BCUT2D eigenvalue weighted by atomic mass is 32.1. The van der Waals surface area contributed by atoms with E-state index >= 15 is 0 Å². The van der Waals surface area contributed by atoms with Crippen molar-refractivity contribution >= 4 is 22.8 Å². The minimum absolute atomic E-state index is 0.816. The first-order valence-corrected chi connectivity index (χ1v) is 11.5. The van der Waals surface area contributed by atoms with E-state index in [1.165, 1.54) is 44.7 Å². The Morgan fingerprint density at radius 1 is 0.935 bits per heavy atom. The van der Waals surface area contributed by atoms with Gasteiger partial charge in [-0.25, -0.2) is 0 Å². The van der Waals surface area contributed by atoms with Crippen LogP contribution in [0.2, 0.25) is 0 Å². The van der Waals surface area contributed by atoms with E-state index in [1.807, 2.05) is 18.6 Å². The molecule has 0 radical (unpaired) electrons. The van der Waals surface area contributed by atoms with E-state index in [4.69, 9.17) is 17.2 Å². The Labute approximate surface area is 189 Å². The van der Waals surface area contributed by atoms with Crippen molar-refractivity contribution < 1.29 is 0 Å². The zero-order valence-electron chi connectivity index (χ0n) is 18.0. The molecule has 0 unspecified atom stereocenters. The molecular weight excluding hydrogens is 398 g/mol. The van der Waals surface area contributed by atoms with E-state index in [0.29, 0.717) is 0 Å². The molecule has 1 aliphatic carbocycles. The molecule has 0 amide bonds. The average Bonchev–Trinajstić information content (AvgIpc) is 2.96. The number of hydrogen-bond acceptors (Lipinski definition) is 3. The van der Waals surface area contributed by atoms with Gasteiger partial charge in [-0.15, -0.1) is 0 Å². The number of nitrogens with zero attached hydrogens (tertiary/aromatic N) is 3. The lowest BCUT2D eigenvalue weighted by Gasteiger charge is -2.32. The van der Waals surface area contributed by atoms with Crippen molar-refractivity contribution in [3.63, 3.8) is 0 Å². The number of thiocarbonyl (C=S) groups is 1. The number of likely N-dealkylation sites (tertiary alicyclic amines) is 1. The van der Waals surface area contributed by atoms with Gasteiger partial charge in [-0.05, 0) is 73.1 Å². The minimum atomic E-state index is 0.816. The molecule has 0 atom stereocenters. The van der Waals surface area contributed by atoms with Crippen molar-refractivity contribution in [2.75, 3.05) is 13.1 Å². The highest BCUT2D eigenvalue weighted by molar-refractivity contribution is 7.80. The molecule has 2 aliphatic rings. The van der Waals surface area contributed by atoms with Gasteiger partial charge in [0.2, 0.25) is 0 Å². The third-order valence-corrected chi connectivity index (χ3v) is 6.90. The van der Waals surface area contributed by atoms with Gasteiger partial charge < -0.3 is 4.90 Å². The maximum Gasteiger partial charge on any atom is 0.0823 e. The summed E-state index contributed by atoms with van der Waals surface area (Å²) in [7, 11) is 0. The van der Waals surface area contributed by atoms with Crippen LogP contribution in [-0.4, -0.2) is 32.9 Å². The van der Waals surface area contributed by atoms with Crippen molar-refractivity contribution in [1.82, 2.24) is 14.9 Å². The Bertz CT molecular complexity index is 1140. The molecule has 5 rings (SSSR count). The number of piperidine rings is 1. The summed E-state index contributed by atoms with van der Waals surface area (Å²) in [6.45, 7) is 4.14. The molecule has 156 valence electrons. The van der Waals surface area contributed by atoms with E-state index in [1.54, 1.807) is 0 Å². The van der Waals surface area contributed by atoms with Crippen LogP contribution in [0, 0.1) is 6.92 Å². The van der Waals surface area contributed by atoms with Gasteiger partial charge in [0.1, 0.15) is 0 Å². The van der Waals surface area contributed by atoms with Crippen molar-refractivity contribution in [1.29, 1.82) is 0 Å². The van der Waals surface area contributed by atoms with Crippen LogP contribution in [0.4, 0.5) is 0 Å². The Morgan fingerprint density at radius 2 is 1.71 bits per heavy atom. The van der Waals surface area contributed by atoms with Gasteiger partial charge in [0, 0.05) is 43.7 Å². The smallest absolute Gasteiger partial charge is 0.0823 e. The van der Waals surface area contributed by atoms with Crippen LogP contribution in [0.15, 0.2) is 66.6 Å². The molecule has 4 heteroatoms. The predicted octanol–water partition coefficient (Wildman–Crippen LogP) is 5.35. The highest BCUT2D eigenvalue weighted by Gasteiger charge is 2.25. The molecule has 1 aromatic carbocycles. The molecule has 0 bridgehead atoms. The zero-order valence-corrected chi connectivity index (χ0v) is 18.8. The van der Waals surface area contributed by atoms with Crippen molar-refractivity contribution in [2.24, 2.45) is 0 Å². The quantitative estimate of drug-likeness (QED) is 0.518. The van der Waals surface area contributed by atoms with Gasteiger partial charge in [-0.1, -0.05) is 47.6 Å². The van der Waals surface area contributed by atoms with Crippen LogP contribution < -0.4 is 0 Å². The number of aromatic nitrogens is 2. The van der Waals surface area contributed by atoms with E-state index in [-0.39, 0.29) is 0 Å². The van der Waals surface area contributed by atoms with Gasteiger partial charge in [-0.3, -0.25) is 9.97 Å². The molecule has 0 N–H and O–H groups in total. The fraction of sp³-hybridized carbons (Fsp3) is 0.296. The third kappa shape index (κ3) is 4.17. The molecule has 2 aromatic heterocycles. The normalized spacial score (nSPS) is 15.8. The lowest BCUT2D eigenvalue weighted by atomic mass is 9.88. The molecule has 3 nitrogen and oxygen atoms in total. The first-order valence-electron chi connectivity index (χ1n) is 11.1. The maximum atomic E-state index is 5.79. The second kappa shape index (κ2) is 8.72. The molecular formula is C27H27N3S. The summed E-state index contributed by atoms with van der Waals surface area (Å²) in [5.74, 6) is 0. The van der Waals surface area contributed by atoms with E-state index < -0.39 is 0 Å². The zero-order chi connectivity index (χ0) is 21.2. The van der Waals surface area contributed by atoms with Gasteiger partial charge in [0.05, 0.1) is 10.7 Å². The van der Waals surface area contributed by atoms with Gasteiger partial charge in [0.25, 0.3) is 0 Å². The first-order chi connectivity index (χ1) is 15.2. The van der Waals surface area contributed by atoms with Crippen molar-refractivity contribution in [3.8, 4) is 0 Å². The fourth-order valence-electron chi connectivity index (χ4n) is 4.86. The van der Waals surface area contributed by atoms with E-state index in [9.17, 15) is 0 Å². The Kier molecular flexibility index (Phi) is 5.65. The summed E-state index contributed by atoms with van der Waals surface area (Å²) >= 11 is 5.79. The number of hydrogen-bond donors (Lipinski definition) is 0. The number of fused-ring (bicyclic) bond motifs is 2. The SMILES string of the molecule is Cc1ccc2c(c1)CCc1cccnc1C2=C1CCN(C(=S)Cc2ccncc2)CC1. The second-order valence-electron chi connectivity index (χ2n) is 8.56. The van der Waals surface area contributed by atoms with Crippen LogP contribution >= 0.6 is 12.2 Å². The van der Waals surface area contributed by atoms with Crippen LogP contribution in [0.25, 0.3) is 5.57 Å². The van der Waals surface area contributed by atoms with Crippen LogP contribution in [0.3, 0.4) is 0 Å². The van der Waals surface area contributed by atoms with Gasteiger partial charge >= 0.3 is 0 Å². The summed E-state index contributed by atoms with van der Waals surface area (Å²) in [5.41, 5.74) is 10.9. The Balaban J connectivity index is 1.45. The van der Waals surface area contributed by atoms with Gasteiger partial charge in [0.15, 0.2) is 0 Å². The van der Waals surface area contributed by atoms with Crippen molar-refractivity contribution in [3.05, 3.63) is 100 Å². The monoisotopic (exact) mass is 425 g/mol. The molecule has 1 aliphatic heterocycles. The number of aryl methyl sites for hydroxylation is 3. The molecule has 0 saturated carbocycles. The Hall–Kier alpha value is -2.85. The van der Waals surface area contributed by atoms with E-state index in [2.05, 4.69) is 59.3 Å². The van der Waals surface area contributed by atoms with Crippen LogP contribution in [0.1, 0.15) is 46.4 Å². The maximum absolute atomic E-state index is 5.79. The molecule has 31 heavy (non-hydrogen) atoms. The summed E-state index contributed by atoms with van der Waals surface area (Å²) in [6.07, 6.45) is 10.6. The topological polar surface area (TPSA) is 29.0 Å². The predicted molar refractivity (Wildman–Crippen MR) is 130 cm³/mol. The minimum Gasteiger partial charge on any atom is -0.365 e. The van der Waals surface area contributed by atoms with Crippen LogP contribution in [-0.2, 0) is 19.3 Å². The summed E-state index contributed by atoms with van der Waals surface area (Å²) < 4.78 is 0. The average molecular weight is 426 g/mol. The summed E-state index contributed by atoms with van der Waals surface area (Å²) in [6, 6.07) is 15.3. The first kappa shape index (κ1) is 20.1. The molecule has 0 spiro atoms. The molecule has 3 heterocycles. The number of rotatable bonds is 2. The standard InChI is InChI=1S/C27H27N3S/c1-19-4-7-24-23(17-19)6-5-22-3-2-12-29-27(22)26(24)21-10-15-30(16-11-21)25(31)18-20-8-13-28-14-9-20/h2-4,7-9,12-14,17H,5-6,10-11,15-16,18H2,1H3. The lowest BCUT2D eigenvalue weighted by Crippen LogP contribution is -2.36.